The lowest BCUT2D eigenvalue weighted by atomic mass is 9.99. The smallest absolute Gasteiger partial charge is 0.0622 e. The third-order valence-corrected chi connectivity index (χ3v) is 4.45. The Morgan fingerprint density at radius 3 is 2.81 bits per heavy atom. The van der Waals surface area contributed by atoms with Crippen molar-refractivity contribution in [2.45, 2.75) is 30.2 Å². The first kappa shape index (κ1) is 12.0. The Kier molecular flexibility index (Phi) is 3.57. The number of aliphatic hydroxyl groups excluding tert-OH is 1. The minimum absolute atomic E-state index is 0.0937. The monoisotopic (exact) mass is 237 g/mol. The van der Waals surface area contributed by atoms with Crippen LogP contribution < -0.4 is 5.73 Å². The van der Waals surface area contributed by atoms with Gasteiger partial charge in [-0.05, 0) is 37.8 Å². The number of rotatable bonds is 5. The number of hydrogen-bond donors (Lipinski definition) is 2. The second kappa shape index (κ2) is 4.78. The molecule has 1 aromatic carbocycles. The third kappa shape index (κ3) is 2.78. The molecule has 0 saturated heterocycles. The normalized spacial score (nSPS) is 19.4. The van der Waals surface area contributed by atoms with Crippen LogP contribution in [0.4, 0.5) is 0 Å². The molecule has 0 aliphatic heterocycles. The molecule has 0 radical (unpaired) electrons. The van der Waals surface area contributed by atoms with E-state index in [1.807, 2.05) is 0 Å². The second-order valence-corrected chi connectivity index (χ2v) is 5.82. The molecule has 1 fully saturated rings. The summed E-state index contributed by atoms with van der Waals surface area (Å²) >= 11 is 1.75. The van der Waals surface area contributed by atoms with Crippen LogP contribution in [-0.4, -0.2) is 23.0 Å². The summed E-state index contributed by atoms with van der Waals surface area (Å²) in [5, 5.41) is 9.39. The van der Waals surface area contributed by atoms with Crippen LogP contribution in [0.2, 0.25) is 0 Å². The first-order valence-electron chi connectivity index (χ1n) is 5.73. The SMILES string of the molecule is Cc1cccc(SCC(N)(CO)C2CC2)c1. The Hall–Kier alpha value is -0.510. The van der Waals surface area contributed by atoms with E-state index in [9.17, 15) is 5.11 Å². The summed E-state index contributed by atoms with van der Waals surface area (Å²) in [4.78, 5) is 1.24. The lowest BCUT2D eigenvalue weighted by Crippen LogP contribution is -2.48. The van der Waals surface area contributed by atoms with Crippen molar-refractivity contribution in [2.24, 2.45) is 11.7 Å². The molecule has 2 nitrogen and oxygen atoms in total. The number of aryl methyl sites for hydroxylation is 1. The van der Waals surface area contributed by atoms with Gasteiger partial charge in [0.2, 0.25) is 0 Å². The minimum atomic E-state index is -0.381. The standard InChI is InChI=1S/C13H19NOS/c1-10-3-2-4-12(7-10)16-9-13(14,8-15)11-5-6-11/h2-4,7,11,15H,5-6,8-9,14H2,1H3. The molecule has 3 N–H and O–H groups in total. The van der Waals surface area contributed by atoms with E-state index in [-0.39, 0.29) is 12.1 Å². The van der Waals surface area contributed by atoms with Crippen molar-refractivity contribution in [2.75, 3.05) is 12.4 Å². The average molecular weight is 237 g/mol. The van der Waals surface area contributed by atoms with Crippen LogP contribution in [0.3, 0.4) is 0 Å². The molecule has 1 saturated carbocycles. The molecule has 88 valence electrons. The first-order valence-corrected chi connectivity index (χ1v) is 6.72. The summed E-state index contributed by atoms with van der Waals surface area (Å²) in [7, 11) is 0. The molecule has 1 aromatic rings. The number of benzene rings is 1. The van der Waals surface area contributed by atoms with Crippen LogP contribution in [0.1, 0.15) is 18.4 Å². The van der Waals surface area contributed by atoms with Gasteiger partial charge in [-0.25, -0.2) is 0 Å². The van der Waals surface area contributed by atoms with Gasteiger partial charge in [0.05, 0.1) is 12.1 Å². The van der Waals surface area contributed by atoms with Crippen LogP contribution in [-0.2, 0) is 0 Å². The van der Waals surface area contributed by atoms with Crippen molar-refractivity contribution in [3.63, 3.8) is 0 Å². The fourth-order valence-electron chi connectivity index (χ4n) is 1.87. The molecule has 1 atom stereocenters. The molecule has 0 heterocycles. The third-order valence-electron chi connectivity index (χ3n) is 3.18. The molecular formula is C13H19NOS. The zero-order valence-corrected chi connectivity index (χ0v) is 10.5. The van der Waals surface area contributed by atoms with Crippen LogP contribution in [0.25, 0.3) is 0 Å². The highest BCUT2D eigenvalue weighted by atomic mass is 32.2. The van der Waals surface area contributed by atoms with E-state index in [0.29, 0.717) is 5.92 Å². The van der Waals surface area contributed by atoms with Gasteiger partial charge in [0.1, 0.15) is 0 Å². The van der Waals surface area contributed by atoms with Crippen LogP contribution in [0.5, 0.6) is 0 Å². The highest BCUT2D eigenvalue weighted by Crippen LogP contribution is 2.40. The van der Waals surface area contributed by atoms with Gasteiger partial charge in [0, 0.05) is 10.6 Å². The van der Waals surface area contributed by atoms with Crippen molar-refractivity contribution < 1.29 is 5.11 Å². The fraction of sp³-hybridized carbons (Fsp3) is 0.538. The van der Waals surface area contributed by atoms with Gasteiger partial charge in [-0.2, -0.15) is 0 Å². The quantitative estimate of drug-likeness (QED) is 0.772. The van der Waals surface area contributed by atoms with E-state index in [2.05, 4.69) is 31.2 Å². The fourth-order valence-corrected chi connectivity index (χ4v) is 3.08. The number of aliphatic hydroxyl groups is 1. The molecule has 16 heavy (non-hydrogen) atoms. The topological polar surface area (TPSA) is 46.2 Å². The van der Waals surface area contributed by atoms with E-state index in [0.717, 1.165) is 5.75 Å². The Morgan fingerprint density at radius 2 is 2.25 bits per heavy atom. The predicted octanol–water partition coefficient (Wildman–Crippen LogP) is 2.19. The van der Waals surface area contributed by atoms with Crippen molar-refractivity contribution >= 4 is 11.8 Å². The van der Waals surface area contributed by atoms with Crippen LogP contribution >= 0.6 is 11.8 Å². The summed E-state index contributed by atoms with van der Waals surface area (Å²) in [6.45, 7) is 2.18. The predicted molar refractivity (Wildman–Crippen MR) is 68.6 cm³/mol. The Balaban J connectivity index is 1.95. The summed E-state index contributed by atoms with van der Waals surface area (Å²) in [5.41, 5.74) is 7.10. The first-order chi connectivity index (χ1) is 7.64. The second-order valence-electron chi connectivity index (χ2n) is 4.77. The zero-order valence-electron chi connectivity index (χ0n) is 9.65. The molecule has 3 heteroatoms. The van der Waals surface area contributed by atoms with E-state index in [1.165, 1.54) is 23.3 Å². The van der Waals surface area contributed by atoms with E-state index in [1.54, 1.807) is 11.8 Å². The average Bonchev–Trinajstić information content (AvgIpc) is 3.10. The van der Waals surface area contributed by atoms with Gasteiger partial charge in [0.15, 0.2) is 0 Å². The lowest BCUT2D eigenvalue weighted by Gasteiger charge is -2.26. The molecule has 1 unspecified atom stereocenters. The minimum Gasteiger partial charge on any atom is -0.394 e. The van der Waals surface area contributed by atoms with Gasteiger partial charge in [-0.3, -0.25) is 0 Å². The number of hydrogen-bond acceptors (Lipinski definition) is 3. The van der Waals surface area contributed by atoms with E-state index < -0.39 is 0 Å². The Labute approximate surface area is 101 Å². The molecule has 1 aliphatic rings. The van der Waals surface area contributed by atoms with Gasteiger partial charge in [-0.15, -0.1) is 11.8 Å². The van der Waals surface area contributed by atoms with Gasteiger partial charge >= 0.3 is 0 Å². The van der Waals surface area contributed by atoms with Gasteiger partial charge < -0.3 is 10.8 Å². The molecule has 0 bridgehead atoms. The van der Waals surface area contributed by atoms with Crippen LogP contribution in [0, 0.1) is 12.8 Å². The van der Waals surface area contributed by atoms with Gasteiger partial charge in [0.25, 0.3) is 0 Å². The number of nitrogens with two attached hydrogens (primary N) is 1. The molecule has 2 rings (SSSR count). The molecule has 0 spiro atoms. The van der Waals surface area contributed by atoms with E-state index in [4.69, 9.17) is 5.73 Å². The van der Waals surface area contributed by atoms with Gasteiger partial charge in [-0.1, -0.05) is 17.7 Å². The Morgan fingerprint density at radius 1 is 1.50 bits per heavy atom. The summed E-state index contributed by atoms with van der Waals surface area (Å²) in [6, 6.07) is 8.41. The van der Waals surface area contributed by atoms with Crippen molar-refractivity contribution in [1.82, 2.24) is 0 Å². The summed E-state index contributed by atoms with van der Waals surface area (Å²) in [5.74, 6) is 1.33. The summed E-state index contributed by atoms with van der Waals surface area (Å²) < 4.78 is 0. The molecule has 0 amide bonds. The molecule has 1 aliphatic carbocycles. The van der Waals surface area contributed by atoms with Crippen molar-refractivity contribution in [3.8, 4) is 0 Å². The Bertz CT molecular complexity index is 365. The molecular weight excluding hydrogens is 218 g/mol. The van der Waals surface area contributed by atoms with Crippen LogP contribution in [0.15, 0.2) is 29.2 Å². The maximum absolute atomic E-state index is 9.39. The highest BCUT2D eigenvalue weighted by Gasteiger charge is 2.41. The van der Waals surface area contributed by atoms with E-state index >= 15 is 0 Å². The number of thioether (sulfide) groups is 1. The maximum atomic E-state index is 9.39. The lowest BCUT2D eigenvalue weighted by molar-refractivity contribution is 0.194. The zero-order chi connectivity index (χ0) is 11.6. The largest absolute Gasteiger partial charge is 0.394 e. The van der Waals surface area contributed by atoms with Crippen molar-refractivity contribution in [1.29, 1.82) is 0 Å². The molecule has 0 aromatic heterocycles. The maximum Gasteiger partial charge on any atom is 0.0622 e. The highest BCUT2D eigenvalue weighted by molar-refractivity contribution is 7.99. The summed E-state index contributed by atoms with van der Waals surface area (Å²) in [6.07, 6.45) is 2.34. The van der Waals surface area contributed by atoms with Crippen molar-refractivity contribution in [3.05, 3.63) is 29.8 Å².